The molecule has 106 valence electrons. The highest BCUT2D eigenvalue weighted by Gasteiger charge is 2.13. The van der Waals surface area contributed by atoms with Crippen molar-refractivity contribution >= 4 is 0 Å². The topological polar surface area (TPSA) is 35.2 Å². The number of halogens is 1. The highest BCUT2D eigenvalue weighted by atomic mass is 19.1. The molecule has 0 saturated carbocycles. The van der Waals surface area contributed by atoms with Gasteiger partial charge in [-0.2, -0.15) is 0 Å². The minimum atomic E-state index is -0.304. The number of rotatable bonds is 4. The minimum Gasteiger partial charge on any atom is -0.457 e. The summed E-state index contributed by atoms with van der Waals surface area (Å²) in [5.74, 6) is 1.44. The monoisotopic (exact) mass is 273 g/mol. The lowest BCUT2D eigenvalue weighted by molar-refractivity contribution is 0.461. The third-order valence-corrected chi connectivity index (χ3v) is 3.22. The molecule has 2 N–H and O–H groups in total. The van der Waals surface area contributed by atoms with Gasteiger partial charge in [0.15, 0.2) is 0 Å². The Morgan fingerprint density at radius 3 is 2.25 bits per heavy atom. The van der Waals surface area contributed by atoms with Crippen LogP contribution in [0.1, 0.15) is 43.9 Å². The fourth-order valence-corrected chi connectivity index (χ4v) is 2.14. The smallest absolute Gasteiger partial charge is 0.132 e. The van der Waals surface area contributed by atoms with Gasteiger partial charge in [-0.25, -0.2) is 4.39 Å². The predicted octanol–water partition coefficient (Wildman–Crippen LogP) is 4.76. The largest absolute Gasteiger partial charge is 0.457 e. The zero-order valence-corrected chi connectivity index (χ0v) is 12.1. The van der Waals surface area contributed by atoms with Crippen molar-refractivity contribution in [2.24, 2.45) is 5.73 Å². The third kappa shape index (κ3) is 3.17. The first-order valence-electron chi connectivity index (χ1n) is 6.81. The molecule has 0 heterocycles. The summed E-state index contributed by atoms with van der Waals surface area (Å²) in [4.78, 5) is 0. The summed E-state index contributed by atoms with van der Waals surface area (Å²) in [5.41, 5.74) is 7.68. The lowest BCUT2D eigenvalue weighted by atomic mass is 10.0. The maximum absolute atomic E-state index is 13.3. The number of hydrogen-bond donors (Lipinski definition) is 1. The van der Waals surface area contributed by atoms with Crippen LogP contribution in [0, 0.1) is 5.82 Å². The van der Waals surface area contributed by atoms with Crippen molar-refractivity contribution in [1.82, 2.24) is 0 Å². The number of nitrogens with two attached hydrogens (primary N) is 1. The molecule has 0 aromatic heterocycles. The Morgan fingerprint density at radius 1 is 0.950 bits per heavy atom. The van der Waals surface area contributed by atoms with Crippen molar-refractivity contribution in [2.45, 2.75) is 32.7 Å². The van der Waals surface area contributed by atoms with Crippen LogP contribution in [-0.4, -0.2) is 0 Å². The van der Waals surface area contributed by atoms with E-state index in [-0.39, 0.29) is 11.9 Å². The van der Waals surface area contributed by atoms with Crippen LogP contribution in [0.25, 0.3) is 0 Å². The molecule has 2 nitrogen and oxygen atoms in total. The van der Waals surface area contributed by atoms with Crippen LogP contribution in [0.4, 0.5) is 4.39 Å². The molecule has 2 aromatic rings. The Bertz CT molecular complexity index is 593. The first-order valence-corrected chi connectivity index (χ1v) is 6.81. The van der Waals surface area contributed by atoms with E-state index >= 15 is 0 Å². The molecule has 1 atom stereocenters. The zero-order chi connectivity index (χ0) is 14.7. The van der Waals surface area contributed by atoms with E-state index in [4.69, 9.17) is 10.5 Å². The van der Waals surface area contributed by atoms with Gasteiger partial charge < -0.3 is 10.5 Å². The number of hydrogen-bond acceptors (Lipinski definition) is 2. The number of ether oxygens (including phenoxy) is 1. The first kappa shape index (κ1) is 14.5. The Hall–Kier alpha value is -1.87. The molecule has 0 aliphatic heterocycles. The lowest BCUT2D eigenvalue weighted by Crippen LogP contribution is -2.07. The van der Waals surface area contributed by atoms with Crippen LogP contribution in [0.3, 0.4) is 0 Å². The van der Waals surface area contributed by atoms with Gasteiger partial charge >= 0.3 is 0 Å². The normalized spacial score (nSPS) is 12.5. The summed E-state index contributed by atoms with van der Waals surface area (Å²) >= 11 is 0. The van der Waals surface area contributed by atoms with Crippen LogP contribution in [0.5, 0.6) is 11.5 Å². The highest BCUT2D eigenvalue weighted by Crippen LogP contribution is 2.33. The molecule has 2 aromatic carbocycles. The molecule has 0 radical (unpaired) electrons. The Labute approximate surface area is 119 Å². The summed E-state index contributed by atoms with van der Waals surface area (Å²) in [5, 5.41) is 0. The lowest BCUT2D eigenvalue weighted by Gasteiger charge is -2.17. The van der Waals surface area contributed by atoms with E-state index in [1.807, 2.05) is 31.2 Å². The van der Waals surface area contributed by atoms with Gasteiger partial charge in [-0.1, -0.05) is 32.0 Å². The maximum atomic E-state index is 13.3. The van der Waals surface area contributed by atoms with Crippen LogP contribution >= 0.6 is 0 Å². The average molecular weight is 273 g/mol. The molecule has 2 rings (SSSR count). The molecule has 0 aliphatic rings. The van der Waals surface area contributed by atoms with Gasteiger partial charge in [0.05, 0.1) is 0 Å². The van der Waals surface area contributed by atoms with Gasteiger partial charge in [0.25, 0.3) is 0 Å². The van der Waals surface area contributed by atoms with E-state index in [0.29, 0.717) is 17.2 Å². The van der Waals surface area contributed by atoms with Gasteiger partial charge in [-0.05, 0) is 42.7 Å². The molecule has 0 spiro atoms. The second-order valence-corrected chi connectivity index (χ2v) is 5.27. The fourth-order valence-electron chi connectivity index (χ4n) is 2.14. The van der Waals surface area contributed by atoms with Crippen molar-refractivity contribution in [3.05, 3.63) is 59.4 Å². The SMILES string of the molecule is CC(C)c1ccccc1Oc1ccc(F)cc1C(C)N. The fraction of sp³-hybridized carbons (Fsp3) is 0.294. The summed E-state index contributed by atoms with van der Waals surface area (Å²) in [6, 6.07) is 12.0. The molecule has 1 unspecified atom stereocenters. The van der Waals surface area contributed by atoms with E-state index in [9.17, 15) is 4.39 Å². The molecule has 0 bridgehead atoms. The minimum absolute atomic E-state index is 0.285. The van der Waals surface area contributed by atoms with Crippen molar-refractivity contribution in [2.75, 3.05) is 0 Å². The second-order valence-electron chi connectivity index (χ2n) is 5.27. The van der Waals surface area contributed by atoms with E-state index in [1.54, 1.807) is 6.07 Å². The Kier molecular flexibility index (Phi) is 4.40. The zero-order valence-electron chi connectivity index (χ0n) is 12.1. The van der Waals surface area contributed by atoms with Crippen LogP contribution < -0.4 is 10.5 Å². The molecule has 0 aliphatic carbocycles. The van der Waals surface area contributed by atoms with Gasteiger partial charge in [0.2, 0.25) is 0 Å². The first-order chi connectivity index (χ1) is 9.49. The maximum Gasteiger partial charge on any atom is 0.132 e. The van der Waals surface area contributed by atoms with Crippen molar-refractivity contribution in [3.63, 3.8) is 0 Å². The number of para-hydroxylation sites is 1. The molecular formula is C17H20FNO. The van der Waals surface area contributed by atoms with Gasteiger partial charge in [0.1, 0.15) is 17.3 Å². The molecule has 20 heavy (non-hydrogen) atoms. The van der Waals surface area contributed by atoms with E-state index in [1.165, 1.54) is 12.1 Å². The van der Waals surface area contributed by atoms with Crippen molar-refractivity contribution < 1.29 is 9.13 Å². The summed E-state index contributed by atoms with van der Waals surface area (Å²) in [6.07, 6.45) is 0. The van der Waals surface area contributed by atoms with E-state index in [0.717, 1.165) is 11.3 Å². The van der Waals surface area contributed by atoms with Crippen molar-refractivity contribution in [3.8, 4) is 11.5 Å². The molecule has 3 heteroatoms. The van der Waals surface area contributed by atoms with Crippen LogP contribution in [-0.2, 0) is 0 Å². The second kappa shape index (κ2) is 6.06. The summed E-state index contributed by atoms with van der Waals surface area (Å²) < 4.78 is 19.3. The highest BCUT2D eigenvalue weighted by molar-refractivity contribution is 5.43. The average Bonchev–Trinajstić information content (AvgIpc) is 2.41. The van der Waals surface area contributed by atoms with Gasteiger partial charge in [0, 0.05) is 11.6 Å². The van der Waals surface area contributed by atoms with Crippen LogP contribution in [0.15, 0.2) is 42.5 Å². The molecular weight excluding hydrogens is 253 g/mol. The summed E-state index contributed by atoms with van der Waals surface area (Å²) in [6.45, 7) is 6.04. The standard InChI is InChI=1S/C17H20FNO/c1-11(2)14-6-4-5-7-16(14)20-17-9-8-13(18)10-15(17)12(3)19/h4-12H,19H2,1-3H3. The summed E-state index contributed by atoms with van der Waals surface area (Å²) in [7, 11) is 0. The van der Waals surface area contributed by atoms with Crippen molar-refractivity contribution in [1.29, 1.82) is 0 Å². The molecule has 0 fully saturated rings. The molecule has 0 amide bonds. The predicted molar refractivity (Wildman–Crippen MR) is 79.6 cm³/mol. The third-order valence-electron chi connectivity index (χ3n) is 3.22. The Balaban J connectivity index is 2.40. The van der Waals surface area contributed by atoms with Gasteiger partial charge in [-0.15, -0.1) is 0 Å². The van der Waals surface area contributed by atoms with E-state index in [2.05, 4.69) is 13.8 Å². The Morgan fingerprint density at radius 2 is 1.60 bits per heavy atom. The van der Waals surface area contributed by atoms with E-state index < -0.39 is 0 Å². The van der Waals surface area contributed by atoms with Gasteiger partial charge in [-0.3, -0.25) is 0 Å². The quantitative estimate of drug-likeness (QED) is 0.871. The molecule has 0 saturated heterocycles. The number of benzene rings is 2. The van der Waals surface area contributed by atoms with Crippen LogP contribution in [0.2, 0.25) is 0 Å².